The van der Waals surface area contributed by atoms with Crippen molar-refractivity contribution in [3.63, 3.8) is 0 Å². The molecule has 0 saturated carbocycles. The van der Waals surface area contributed by atoms with E-state index in [9.17, 15) is 0 Å². The van der Waals surface area contributed by atoms with E-state index in [1.807, 2.05) is 7.05 Å². The summed E-state index contributed by atoms with van der Waals surface area (Å²) in [4.78, 5) is 4.91. The van der Waals surface area contributed by atoms with Crippen LogP contribution < -0.4 is 15.0 Å². The van der Waals surface area contributed by atoms with Crippen LogP contribution in [0.5, 0.6) is 5.75 Å². The number of rotatable bonds is 2. The Morgan fingerprint density at radius 2 is 1.95 bits per heavy atom. The van der Waals surface area contributed by atoms with Crippen molar-refractivity contribution in [2.45, 2.75) is 19.4 Å². The number of ether oxygens (including phenoxy) is 1. The van der Waals surface area contributed by atoms with Crippen LogP contribution in [0.4, 0.5) is 5.69 Å². The Balaban J connectivity index is 1.91. The molecule has 0 unspecified atom stereocenters. The van der Waals surface area contributed by atoms with Crippen LogP contribution >= 0.6 is 0 Å². The van der Waals surface area contributed by atoms with E-state index in [4.69, 9.17) is 4.74 Å². The van der Waals surface area contributed by atoms with E-state index in [2.05, 4.69) is 41.2 Å². The van der Waals surface area contributed by atoms with Gasteiger partial charge in [0.2, 0.25) is 0 Å². The smallest absolute Gasteiger partial charge is 0.127 e. The van der Waals surface area contributed by atoms with Gasteiger partial charge in [0.25, 0.3) is 0 Å². The van der Waals surface area contributed by atoms with Crippen LogP contribution in [-0.4, -0.2) is 57.8 Å². The Morgan fingerprint density at radius 3 is 2.65 bits per heavy atom. The van der Waals surface area contributed by atoms with Gasteiger partial charge in [-0.15, -0.1) is 0 Å². The van der Waals surface area contributed by atoms with Crippen molar-refractivity contribution in [2.24, 2.45) is 0 Å². The Hall–Kier alpha value is -1.26. The van der Waals surface area contributed by atoms with Crippen LogP contribution in [0.15, 0.2) is 12.1 Å². The number of likely N-dealkylation sites (N-methyl/N-ethyl adjacent to an activating group) is 2. The summed E-state index contributed by atoms with van der Waals surface area (Å²) in [5.74, 6) is 1.12. The topological polar surface area (TPSA) is 27.7 Å². The molecule has 0 spiro atoms. The van der Waals surface area contributed by atoms with Crippen LogP contribution in [0.3, 0.4) is 0 Å². The average Bonchev–Trinajstić information content (AvgIpc) is 2.48. The predicted octanol–water partition coefficient (Wildman–Crippen LogP) is 1.27. The molecule has 1 aromatic carbocycles. The number of piperazine rings is 1. The molecule has 110 valence electrons. The molecule has 0 aromatic heterocycles. The maximum atomic E-state index is 6.01. The number of anilines is 1. The third-order valence-electron chi connectivity index (χ3n) is 4.56. The molecule has 20 heavy (non-hydrogen) atoms. The molecule has 0 radical (unpaired) electrons. The Kier molecular flexibility index (Phi) is 3.85. The molecule has 4 heteroatoms. The fourth-order valence-electron chi connectivity index (χ4n) is 3.15. The van der Waals surface area contributed by atoms with Gasteiger partial charge in [-0.25, -0.2) is 0 Å². The number of hydrogen-bond acceptors (Lipinski definition) is 4. The van der Waals surface area contributed by atoms with E-state index in [1.54, 1.807) is 0 Å². The molecule has 2 aliphatic heterocycles. The Labute approximate surface area is 121 Å². The van der Waals surface area contributed by atoms with Gasteiger partial charge >= 0.3 is 0 Å². The van der Waals surface area contributed by atoms with Gasteiger partial charge in [-0.1, -0.05) is 6.07 Å². The van der Waals surface area contributed by atoms with Crippen molar-refractivity contribution in [2.75, 3.05) is 51.8 Å². The maximum Gasteiger partial charge on any atom is 0.127 e. The first-order valence-corrected chi connectivity index (χ1v) is 7.55. The average molecular weight is 275 g/mol. The second-order valence-corrected chi connectivity index (χ2v) is 6.00. The summed E-state index contributed by atoms with van der Waals surface area (Å²) in [6, 6.07) is 4.91. The molecule has 3 rings (SSSR count). The number of hydrogen-bond donors (Lipinski definition) is 1. The standard InChI is InChI=1S/C16H25N3O/c1-12-4-5-15(19-8-6-18(3)7-9-19)14-10-13(17-2)11-20-16(12)14/h4-5,13,17H,6-11H2,1-3H3/t13-/m1/s1. The Morgan fingerprint density at radius 1 is 1.20 bits per heavy atom. The summed E-state index contributed by atoms with van der Waals surface area (Å²) in [6.45, 7) is 7.41. The lowest BCUT2D eigenvalue weighted by Gasteiger charge is -2.37. The molecule has 2 aliphatic rings. The zero-order chi connectivity index (χ0) is 14.1. The molecule has 4 nitrogen and oxygen atoms in total. The summed E-state index contributed by atoms with van der Waals surface area (Å²) in [5.41, 5.74) is 4.02. The van der Waals surface area contributed by atoms with Gasteiger partial charge in [0, 0.05) is 43.5 Å². The van der Waals surface area contributed by atoms with Crippen molar-refractivity contribution in [1.82, 2.24) is 10.2 Å². The van der Waals surface area contributed by atoms with Gasteiger partial charge in [0.05, 0.1) is 0 Å². The third-order valence-corrected chi connectivity index (χ3v) is 4.56. The first kappa shape index (κ1) is 13.7. The van der Waals surface area contributed by atoms with Crippen LogP contribution in [0.25, 0.3) is 0 Å². The maximum absolute atomic E-state index is 6.01. The quantitative estimate of drug-likeness (QED) is 0.880. The fourth-order valence-corrected chi connectivity index (χ4v) is 3.15. The van der Waals surface area contributed by atoms with E-state index < -0.39 is 0 Å². The molecule has 1 fully saturated rings. The van der Waals surface area contributed by atoms with Gasteiger partial charge < -0.3 is 19.9 Å². The molecular weight excluding hydrogens is 250 g/mol. The molecule has 0 aliphatic carbocycles. The lowest BCUT2D eigenvalue weighted by atomic mass is 9.97. The van der Waals surface area contributed by atoms with Gasteiger partial charge in [-0.3, -0.25) is 0 Å². The highest BCUT2D eigenvalue weighted by atomic mass is 16.5. The van der Waals surface area contributed by atoms with Gasteiger partial charge in [0.15, 0.2) is 0 Å². The van der Waals surface area contributed by atoms with Gasteiger partial charge in [0.1, 0.15) is 12.4 Å². The lowest BCUT2D eigenvalue weighted by Crippen LogP contribution is -2.45. The van der Waals surface area contributed by atoms with E-state index in [0.29, 0.717) is 6.04 Å². The molecular formula is C16H25N3O. The van der Waals surface area contributed by atoms with E-state index in [1.165, 1.54) is 16.8 Å². The summed E-state index contributed by atoms with van der Waals surface area (Å²) in [7, 11) is 4.21. The zero-order valence-corrected chi connectivity index (χ0v) is 12.8. The second kappa shape index (κ2) is 5.62. The molecule has 0 amide bonds. The Bertz CT molecular complexity index is 481. The zero-order valence-electron chi connectivity index (χ0n) is 12.8. The molecule has 0 bridgehead atoms. The minimum Gasteiger partial charge on any atom is -0.491 e. The van der Waals surface area contributed by atoms with Crippen molar-refractivity contribution < 1.29 is 4.74 Å². The SMILES string of the molecule is CN[C@H]1COc2c(C)ccc(N3CCN(C)CC3)c2C1. The minimum absolute atomic E-state index is 0.426. The van der Waals surface area contributed by atoms with Crippen molar-refractivity contribution in [3.05, 3.63) is 23.3 Å². The molecule has 1 aromatic rings. The highest BCUT2D eigenvalue weighted by Gasteiger charge is 2.26. The number of aryl methyl sites for hydroxylation is 1. The number of benzene rings is 1. The first-order chi connectivity index (χ1) is 9.69. The molecule has 1 saturated heterocycles. The van der Waals surface area contributed by atoms with E-state index in [0.717, 1.165) is 45.0 Å². The summed E-state index contributed by atoms with van der Waals surface area (Å²) >= 11 is 0. The number of fused-ring (bicyclic) bond motifs is 1. The molecule has 1 N–H and O–H groups in total. The summed E-state index contributed by atoms with van der Waals surface area (Å²) < 4.78 is 6.01. The fraction of sp³-hybridized carbons (Fsp3) is 0.625. The molecule has 2 heterocycles. The van der Waals surface area contributed by atoms with E-state index >= 15 is 0 Å². The van der Waals surface area contributed by atoms with Gasteiger partial charge in [-0.2, -0.15) is 0 Å². The largest absolute Gasteiger partial charge is 0.491 e. The normalized spacial score (nSPS) is 23.4. The van der Waals surface area contributed by atoms with Gasteiger partial charge in [-0.05, 0) is 39.1 Å². The van der Waals surface area contributed by atoms with Crippen molar-refractivity contribution >= 4 is 5.69 Å². The monoisotopic (exact) mass is 275 g/mol. The summed E-state index contributed by atoms with van der Waals surface area (Å²) in [5, 5.41) is 3.35. The van der Waals surface area contributed by atoms with Crippen LogP contribution in [0.2, 0.25) is 0 Å². The van der Waals surface area contributed by atoms with Crippen molar-refractivity contribution in [3.8, 4) is 5.75 Å². The number of nitrogens with one attached hydrogen (secondary N) is 1. The van der Waals surface area contributed by atoms with Crippen molar-refractivity contribution in [1.29, 1.82) is 0 Å². The van der Waals surface area contributed by atoms with Crippen LogP contribution in [0, 0.1) is 6.92 Å². The number of nitrogens with zero attached hydrogens (tertiary/aromatic N) is 2. The second-order valence-electron chi connectivity index (χ2n) is 6.00. The highest BCUT2D eigenvalue weighted by molar-refractivity contribution is 5.63. The summed E-state index contributed by atoms with van der Waals surface area (Å²) in [6.07, 6.45) is 1.06. The lowest BCUT2D eigenvalue weighted by molar-refractivity contribution is 0.243. The predicted molar refractivity (Wildman–Crippen MR) is 82.9 cm³/mol. The highest BCUT2D eigenvalue weighted by Crippen LogP contribution is 2.36. The molecule has 1 atom stereocenters. The minimum atomic E-state index is 0.426. The van der Waals surface area contributed by atoms with Crippen LogP contribution in [-0.2, 0) is 6.42 Å². The van der Waals surface area contributed by atoms with E-state index in [-0.39, 0.29) is 0 Å². The van der Waals surface area contributed by atoms with Crippen LogP contribution in [0.1, 0.15) is 11.1 Å². The third kappa shape index (κ3) is 2.50. The first-order valence-electron chi connectivity index (χ1n) is 7.55.